The maximum Gasteiger partial charge on any atom is 0.236 e. The summed E-state index contributed by atoms with van der Waals surface area (Å²) >= 11 is 0. The van der Waals surface area contributed by atoms with Gasteiger partial charge >= 0.3 is 0 Å². The van der Waals surface area contributed by atoms with Crippen LogP contribution in [0.15, 0.2) is 0 Å². The monoisotopic (exact) mass is 218 g/mol. The molecular weight excluding hydrogens is 196 g/mol. The summed E-state index contributed by atoms with van der Waals surface area (Å²) in [7, 11) is 0. The fraction of sp³-hybridized carbons (Fsp3) is 0.900. The molecule has 0 aromatic carbocycles. The molecule has 0 heterocycles. The third kappa shape index (κ3) is 8.35. The maximum absolute atomic E-state index is 11.3. The number of hydrogen-bond donors (Lipinski definition) is 3. The molecule has 0 saturated heterocycles. The van der Waals surface area contributed by atoms with Crippen LogP contribution in [-0.4, -0.2) is 43.4 Å². The third-order valence-electron chi connectivity index (χ3n) is 1.94. The van der Waals surface area contributed by atoms with Gasteiger partial charge in [-0.15, -0.1) is 0 Å². The molecule has 15 heavy (non-hydrogen) atoms. The van der Waals surface area contributed by atoms with Crippen LogP contribution in [0.5, 0.6) is 0 Å². The molecule has 5 nitrogen and oxygen atoms in total. The van der Waals surface area contributed by atoms with Gasteiger partial charge in [0.15, 0.2) is 0 Å². The molecule has 1 amide bonds. The molecule has 0 aliphatic heterocycles. The van der Waals surface area contributed by atoms with Crippen molar-refractivity contribution < 1.29 is 14.6 Å². The Hall–Kier alpha value is -0.650. The van der Waals surface area contributed by atoms with Gasteiger partial charge in [0.2, 0.25) is 5.91 Å². The average Bonchev–Trinajstić information content (AvgIpc) is 2.23. The summed E-state index contributed by atoms with van der Waals surface area (Å²) in [6.45, 7) is 3.50. The van der Waals surface area contributed by atoms with E-state index in [1.807, 2.05) is 6.92 Å². The minimum Gasteiger partial charge on any atom is -0.394 e. The molecule has 0 aromatic rings. The molecule has 0 saturated carbocycles. The van der Waals surface area contributed by atoms with Crippen molar-refractivity contribution in [1.82, 2.24) is 5.32 Å². The first-order valence-corrected chi connectivity index (χ1v) is 5.44. The summed E-state index contributed by atoms with van der Waals surface area (Å²) in [4.78, 5) is 11.3. The number of carbonyl (C=O) groups is 1. The number of amides is 1. The molecule has 0 unspecified atom stereocenters. The van der Waals surface area contributed by atoms with Crippen molar-refractivity contribution >= 4 is 5.91 Å². The van der Waals surface area contributed by atoms with E-state index in [0.29, 0.717) is 26.2 Å². The van der Waals surface area contributed by atoms with Gasteiger partial charge in [-0.1, -0.05) is 13.3 Å². The van der Waals surface area contributed by atoms with Crippen molar-refractivity contribution in [3.8, 4) is 0 Å². The van der Waals surface area contributed by atoms with E-state index in [1.165, 1.54) is 0 Å². The zero-order valence-corrected chi connectivity index (χ0v) is 9.37. The molecule has 0 rings (SSSR count). The Kier molecular flexibility index (Phi) is 9.46. The minimum absolute atomic E-state index is 0.0354. The Bertz CT molecular complexity index is 165. The highest BCUT2D eigenvalue weighted by molar-refractivity contribution is 5.81. The van der Waals surface area contributed by atoms with E-state index in [4.69, 9.17) is 15.6 Å². The summed E-state index contributed by atoms with van der Waals surface area (Å²) in [6.07, 6.45) is 2.37. The second kappa shape index (κ2) is 9.89. The third-order valence-corrected chi connectivity index (χ3v) is 1.94. The topological polar surface area (TPSA) is 84.6 Å². The number of nitrogens with one attached hydrogen (secondary N) is 1. The molecule has 0 spiro atoms. The lowest BCUT2D eigenvalue weighted by atomic mass is 10.2. The highest BCUT2D eigenvalue weighted by Gasteiger charge is 2.10. The Balaban J connectivity index is 3.30. The van der Waals surface area contributed by atoms with Gasteiger partial charge in [-0.3, -0.25) is 4.79 Å². The van der Waals surface area contributed by atoms with Gasteiger partial charge in [0, 0.05) is 13.2 Å². The smallest absolute Gasteiger partial charge is 0.236 e. The van der Waals surface area contributed by atoms with Crippen molar-refractivity contribution in [3.05, 3.63) is 0 Å². The van der Waals surface area contributed by atoms with Gasteiger partial charge < -0.3 is 20.9 Å². The van der Waals surface area contributed by atoms with Gasteiger partial charge in [-0.05, 0) is 12.8 Å². The quantitative estimate of drug-likeness (QED) is 0.461. The van der Waals surface area contributed by atoms with E-state index in [1.54, 1.807) is 0 Å². The molecule has 1 atom stereocenters. The van der Waals surface area contributed by atoms with E-state index < -0.39 is 6.04 Å². The second-order valence-electron chi connectivity index (χ2n) is 3.38. The molecule has 0 bridgehead atoms. The fourth-order valence-corrected chi connectivity index (χ4v) is 1.13. The highest BCUT2D eigenvalue weighted by atomic mass is 16.5. The molecule has 90 valence electrons. The molecule has 5 heteroatoms. The highest BCUT2D eigenvalue weighted by Crippen LogP contribution is 1.92. The van der Waals surface area contributed by atoms with E-state index >= 15 is 0 Å². The Morgan fingerprint density at radius 1 is 1.53 bits per heavy atom. The van der Waals surface area contributed by atoms with Crippen LogP contribution in [0.2, 0.25) is 0 Å². The average molecular weight is 218 g/mol. The van der Waals surface area contributed by atoms with Gasteiger partial charge in [0.25, 0.3) is 0 Å². The first-order valence-electron chi connectivity index (χ1n) is 5.44. The van der Waals surface area contributed by atoms with Crippen LogP contribution in [0.4, 0.5) is 0 Å². The first kappa shape index (κ1) is 14.3. The number of nitrogens with two attached hydrogens (primary N) is 1. The number of ether oxygens (including phenoxy) is 1. The molecule has 0 radical (unpaired) electrons. The normalized spacial score (nSPS) is 12.5. The van der Waals surface area contributed by atoms with Crippen LogP contribution < -0.4 is 11.1 Å². The fourth-order valence-electron chi connectivity index (χ4n) is 1.13. The van der Waals surface area contributed by atoms with E-state index in [9.17, 15) is 4.79 Å². The molecule has 0 aliphatic rings. The lowest BCUT2D eigenvalue weighted by Crippen LogP contribution is -2.40. The van der Waals surface area contributed by atoms with Crippen LogP contribution >= 0.6 is 0 Å². The Morgan fingerprint density at radius 2 is 2.27 bits per heavy atom. The number of rotatable bonds is 9. The van der Waals surface area contributed by atoms with Gasteiger partial charge in [-0.2, -0.15) is 0 Å². The van der Waals surface area contributed by atoms with Crippen LogP contribution in [0.25, 0.3) is 0 Å². The zero-order chi connectivity index (χ0) is 11.5. The number of carbonyl (C=O) groups excluding carboxylic acids is 1. The van der Waals surface area contributed by atoms with Crippen molar-refractivity contribution in [1.29, 1.82) is 0 Å². The van der Waals surface area contributed by atoms with Gasteiger partial charge in [-0.25, -0.2) is 0 Å². The molecule has 0 aliphatic carbocycles. The van der Waals surface area contributed by atoms with E-state index in [2.05, 4.69) is 5.32 Å². The Labute approximate surface area is 91.0 Å². The summed E-state index contributed by atoms with van der Waals surface area (Å²) in [5, 5.41) is 11.2. The number of aliphatic hydroxyl groups is 1. The van der Waals surface area contributed by atoms with Gasteiger partial charge in [0.1, 0.15) is 0 Å². The summed E-state index contributed by atoms with van der Waals surface area (Å²) < 4.78 is 5.04. The van der Waals surface area contributed by atoms with Crippen molar-refractivity contribution in [3.63, 3.8) is 0 Å². The van der Waals surface area contributed by atoms with Crippen molar-refractivity contribution in [2.45, 2.75) is 32.2 Å². The summed E-state index contributed by atoms with van der Waals surface area (Å²) in [6, 6.07) is -0.395. The van der Waals surface area contributed by atoms with Crippen molar-refractivity contribution in [2.24, 2.45) is 5.73 Å². The molecule has 0 fully saturated rings. The molecular formula is C10H22N2O3. The summed E-state index contributed by atoms with van der Waals surface area (Å²) in [5.74, 6) is -0.0981. The maximum atomic E-state index is 11.3. The SMILES string of the molecule is CCC[C@@H](N)C(=O)NCCCOCCO. The lowest BCUT2D eigenvalue weighted by molar-refractivity contribution is -0.122. The molecule has 4 N–H and O–H groups in total. The van der Waals surface area contributed by atoms with Crippen LogP contribution in [0.3, 0.4) is 0 Å². The van der Waals surface area contributed by atoms with Crippen molar-refractivity contribution in [2.75, 3.05) is 26.4 Å². The Morgan fingerprint density at radius 3 is 2.87 bits per heavy atom. The van der Waals surface area contributed by atoms with Crippen LogP contribution in [0.1, 0.15) is 26.2 Å². The zero-order valence-electron chi connectivity index (χ0n) is 9.37. The minimum atomic E-state index is -0.395. The lowest BCUT2D eigenvalue weighted by Gasteiger charge is -2.10. The van der Waals surface area contributed by atoms with E-state index in [-0.39, 0.29) is 12.5 Å². The van der Waals surface area contributed by atoms with E-state index in [0.717, 1.165) is 12.8 Å². The largest absolute Gasteiger partial charge is 0.394 e. The second-order valence-corrected chi connectivity index (χ2v) is 3.38. The predicted molar refractivity (Wildman–Crippen MR) is 58.4 cm³/mol. The molecule has 0 aromatic heterocycles. The van der Waals surface area contributed by atoms with Crippen LogP contribution in [0, 0.1) is 0 Å². The number of hydrogen-bond acceptors (Lipinski definition) is 4. The number of aliphatic hydroxyl groups excluding tert-OH is 1. The van der Waals surface area contributed by atoms with Crippen LogP contribution in [-0.2, 0) is 9.53 Å². The standard InChI is InChI=1S/C10H22N2O3/c1-2-4-9(11)10(14)12-5-3-7-15-8-6-13/h9,13H,2-8,11H2,1H3,(H,12,14)/t9-/m1/s1. The first-order chi connectivity index (χ1) is 7.22. The summed E-state index contributed by atoms with van der Waals surface area (Å²) in [5.41, 5.74) is 5.61. The predicted octanol–water partition coefficient (Wildman–Crippen LogP) is -0.371. The van der Waals surface area contributed by atoms with Gasteiger partial charge in [0.05, 0.1) is 19.3 Å².